The Balaban J connectivity index is 2.02. The summed E-state index contributed by atoms with van der Waals surface area (Å²) in [4.78, 5) is 17.0. The minimum absolute atomic E-state index is 0.379. The number of oxime groups is 1. The molecule has 0 radical (unpaired) electrons. The van der Waals surface area contributed by atoms with Crippen molar-refractivity contribution in [3.63, 3.8) is 0 Å². The number of hydrogen-bond donors (Lipinski definition) is 0. The predicted molar refractivity (Wildman–Crippen MR) is 94.3 cm³/mol. The normalized spacial score (nSPS) is 15.3. The topological polar surface area (TPSA) is 47.9 Å². The van der Waals surface area contributed by atoms with Gasteiger partial charge in [0.2, 0.25) is 0 Å². The second-order valence-corrected chi connectivity index (χ2v) is 5.71. The van der Waals surface area contributed by atoms with Crippen molar-refractivity contribution >= 4 is 29.4 Å². The molecule has 0 atom stereocenters. The maximum absolute atomic E-state index is 12.1. The molecule has 1 heterocycles. The van der Waals surface area contributed by atoms with E-state index in [1.54, 1.807) is 24.3 Å². The van der Waals surface area contributed by atoms with E-state index in [0.717, 1.165) is 12.0 Å². The van der Waals surface area contributed by atoms with Crippen molar-refractivity contribution in [3.05, 3.63) is 70.3 Å². The summed E-state index contributed by atoms with van der Waals surface area (Å²) in [5.41, 5.74) is 2.41. The van der Waals surface area contributed by atoms with Crippen LogP contribution in [-0.2, 0) is 9.63 Å². The summed E-state index contributed by atoms with van der Waals surface area (Å²) >= 11 is 6.09. The van der Waals surface area contributed by atoms with Crippen molar-refractivity contribution in [2.24, 2.45) is 5.16 Å². The fourth-order valence-electron chi connectivity index (χ4n) is 2.34. The Morgan fingerprint density at radius 3 is 2.75 bits per heavy atom. The second-order valence-electron chi connectivity index (χ2n) is 5.27. The third kappa shape index (κ3) is 3.49. The zero-order valence-corrected chi connectivity index (χ0v) is 13.9. The number of rotatable bonds is 5. The number of carbonyl (C=O) groups is 1. The highest BCUT2D eigenvalue weighted by Crippen LogP contribution is 2.28. The fourth-order valence-corrected chi connectivity index (χ4v) is 2.53. The maximum atomic E-state index is 12.1. The summed E-state index contributed by atoms with van der Waals surface area (Å²) in [5.74, 6) is 0.177. The predicted octanol–water partition coefficient (Wildman–Crippen LogP) is 4.47. The van der Waals surface area contributed by atoms with Gasteiger partial charge in [-0.15, -0.1) is 0 Å². The highest BCUT2D eigenvalue weighted by atomic mass is 35.5. The van der Waals surface area contributed by atoms with E-state index in [4.69, 9.17) is 21.2 Å². The molecule has 0 saturated carbocycles. The molecule has 4 nitrogen and oxygen atoms in total. The lowest BCUT2D eigenvalue weighted by molar-refractivity contribution is -0.136. The third-order valence-electron chi connectivity index (χ3n) is 3.48. The Labute approximate surface area is 145 Å². The molecule has 0 aromatic heterocycles. The Morgan fingerprint density at radius 2 is 2.00 bits per heavy atom. The van der Waals surface area contributed by atoms with Gasteiger partial charge in [0.15, 0.2) is 0 Å². The van der Waals surface area contributed by atoms with Gasteiger partial charge in [-0.05, 0) is 30.7 Å². The number of halogens is 1. The van der Waals surface area contributed by atoms with E-state index in [0.29, 0.717) is 34.2 Å². The van der Waals surface area contributed by atoms with E-state index in [1.807, 2.05) is 37.3 Å². The van der Waals surface area contributed by atoms with Crippen LogP contribution in [0.25, 0.3) is 6.08 Å². The van der Waals surface area contributed by atoms with E-state index in [9.17, 15) is 4.79 Å². The lowest BCUT2D eigenvalue weighted by Crippen LogP contribution is -2.07. The number of ether oxygens (including phenoxy) is 1. The molecule has 1 aliphatic heterocycles. The van der Waals surface area contributed by atoms with E-state index in [2.05, 4.69) is 5.16 Å². The summed E-state index contributed by atoms with van der Waals surface area (Å²) < 4.78 is 5.73. The van der Waals surface area contributed by atoms with Crippen LogP contribution < -0.4 is 4.74 Å². The second kappa shape index (κ2) is 7.32. The molecular weight excluding hydrogens is 326 g/mol. The maximum Gasteiger partial charge on any atom is 0.368 e. The molecule has 0 saturated heterocycles. The summed E-state index contributed by atoms with van der Waals surface area (Å²) in [5, 5.41) is 4.47. The van der Waals surface area contributed by atoms with Crippen LogP contribution in [0.5, 0.6) is 5.75 Å². The molecule has 24 heavy (non-hydrogen) atoms. The zero-order chi connectivity index (χ0) is 16.9. The van der Waals surface area contributed by atoms with E-state index < -0.39 is 5.97 Å². The van der Waals surface area contributed by atoms with Crippen LogP contribution >= 0.6 is 11.6 Å². The van der Waals surface area contributed by atoms with E-state index >= 15 is 0 Å². The Hall–Kier alpha value is -2.59. The van der Waals surface area contributed by atoms with Gasteiger partial charge in [-0.1, -0.05) is 54.0 Å². The van der Waals surface area contributed by atoms with Crippen LogP contribution in [0.15, 0.2) is 59.3 Å². The van der Waals surface area contributed by atoms with Gasteiger partial charge in [-0.2, -0.15) is 0 Å². The van der Waals surface area contributed by atoms with Crippen molar-refractivity contribution < 1.29 is 14.4 Å². The highest BCUT2D eigenvalue weighted by molar-refractivity contribution is 6.32. The standard InChI is InChI=1S/C19H16ClNO3/c1-2-10-23-17-9-8-15(20)11-14(17)12-16-18(21-24-19(16)22)13-6-4-3-5-7-13/h3-9,11-12H,2,10H2,1H3/b16-12-. The van der Waals surface area contributed by atoms with E-state index in [-0.39, 0.29) is 0 Å². The summed E-state index contributed by atoms with van der Waals surface area (Å²) in [6, 6.07) is 14.7. The van der Waals surface area contributed by atoms with Crippen molar-refractivity contribution in [2.45, 2.75) is 13.3 Å². The van der Waals surface area contributed by atoms with Gasteiger partial charge >= 0.3 is 5.97 Å². The van der Waals surface area contributed by atoms with Crippen molar-refractivity contribution in [1.82, 2.24) is 0 Å². The number of hydrogen-bond acceptors (Lipinski definition) is 4. The van der Waals surface area contributed by atoms with Gasteiger partial charge in [0.05, 0.1) is 12.2 Å². The van der Waals surface area contributed by atoms with Crippen LogP contribution in [0.1, 0.15) is 24.5 Å². The summed E-state index contributed by atoms with van der Waals surface area (Å²) in [6.07, 6.45) is 2.59. The zero-order valence-electron chi connectivity index (χ0n) is 13.2. The van der Waals surface area contributed by atoms with Gasteiger partial charge in [-0.3, -0.25) is 0 Å². The molecule has 0 unspecified atom stereocenters. The van der Waals surface area contributed by atoms with Crippen LogP contribution in [0.3, 0.4) is 0 Å². The van der Waals surface area contributed by atoms with E-state index in [1.165, 1.54) is 0 Å². The first-order valence-electron chi connectivity index (χ1n) is 7.68. The van der Waals surface area contributed by atoms with Gasteiger partial charge in [0, 0.05) is 16.1 Å². The number of carbonyl (C=O) groups excluding carboxylic acids is 1. The van der Waals surface area contributed by atoms with Crippen molar-refractivity contribution in [1.29, 1.82) is 0 Å². The molecule has 0 spiro atoms. The SMILES string of the molecule is CCCOc1ccc(Cl)cc1/C=C1\C(=O)ON=C1c1ccccc1. The average Bonchev–Trinajstić information content (AvgIpc) is 2.96. The van der Waals surface area contributed by atoms with Gasteiger partial charge in [0.1, 0.15) is 11.5 Å². The molecule has 0 bridgehead atoms. The summed E-state index contributed by atoms with van der Waals surface area (Å²) in [6.45, 7) is 2.62. The van der Waals surface area contributed by atoms with Gasteiger partial charge in [0.25, 0.3) is 0 Å². The fraction of sp³-hybridized carbons (Fsp3) is 0.158. The Bertz CT molecular complexity index is 813. The highest BCUT2D eigenvalue weighted by Gasteiger charge is 2.27. The molecule has 1 aliphatic rings. The first-order valence-corrected chi connectivity index (χ1v) is 8.06. The van der Waals surface area contributed by atoms with Gasteiger partial charge in [-0.25, -0.2) is 4.79 Å². The van der Waals surface area contributed by atoms with Gasteiger partial charge < -0.3 is 9.57 Å². The lowest BCUT2D eigenvalue weighted by Gasteiger charge is -2.09. The Kier molecular flexibility index (Phi) is 4.96. The average molecular weight is 342 g/mol. The number of benzene rings is 2. The van der Waals surface area contributed by atoms with Crippen LogP contribution in [0, 0.1) is 0 Å². The third-order valence-corrected chi connectivity index (χ3v) is 3.71. The molecule has 5 heteroatoms. The molecule has 0 aliphatic carbocycles. The molecule has 0 fully saturated rings. The molecule has 122 valence electrons. The first-order chi connectivity index (χ1) is 11.7. The van der Waals surface area contributed by atoms with Crippen LogP contribution in [0.2, 0.25) is 5.02 Å². The minimum atomic E-state index is -0.490. The van der Waals surface area contributed by atoms with Crippen molar-refractivity contribution in [2.75, 3.05) is 6.61 Å². The van der Waals surface area contributed by atoms with Crippen LogP contribution in [0.4, 0.5) is 0 Å². The molecule has 2 aromatic rings. The molecule has 3 rings (SSSR count). The largest absolute Gasteiger partial charge is 0.493 e. The molecule has 0 amide bonds. The molecule has 0 N–H and O–H groups in total. The van der Waals surface area contributed by atoms with Crippen LogP contribution in [-0.4, -0.2) is 18.3 Å². The quantitative estimate of drug-likeness (QED) is 0.595. The smallest absolute Gasteiger partial charge is 0.368 e. The summed E-state index contributed by atoms with van der Waals surface area (Å²) in [7, 11) is 0. The monoisotopic (exact) mass is 341 g/mol. The first kappa shape index (κ1) is 16.3. The minimum Gasteiger partial charge on any atom is -0.493 e. The lowest BCUT2D eigenvalue weighted by atomic mass is 10.0. The Morgan fingerprint density at radius 1 is 1.21 bits per heavy atom. The molecular formula is C19H16ClNO3. The number of nitrogens with zero attached hydrogens (tertiary/aromatic N) is 1. The molecule has 2 aromatic carbocycles. The van der Waals surface area contributed by atoms with Crippen molar-refractivity contribution in [3.8, 4) is 5.75 Å².